The summed E-state index contributed by atoms with van der Waals surface area (Å²) in [5.41, 5.74) is 2.34. The smallest absolute Gasteiger partial charge is 0.222 e. The fraction of sp³-hybridized carbons (Fsp3) is 0.0667. The van der Waals surface area contributed by atoms with Crippen LogP contribution in [0.2, 0.25) is 0 Å². The molecule has 0 aliphatic carbocycles. The van der Waals surface area contributed by atoms with Gasteiger partial charge in [0.05, 0.1) is 5.52 Å². The fourth-order valence-electron chi connectivity index (χ4n) is 2.07. The van der Waals surface area contributed by atoms with E-state index in [2.05, 4.69) is 15.7 Å². The summed E-state index contributed by atoms with van der Waals surface area (Å²) in [6.07, 6.45) is 1.81. The summed E-state index contributed by atoms with van der Waals surface area (Å²) in [7, 11) is 0. The Morgan fingerprint density at radius 2 is 1.95 bits per heavy atom. The minimum atomic E-state index is -0.188. The number of aromatic nitrogens is 2. The molecule has 0 unspecified atom stereocenters. The summed E-state index contributed by atoms with van der Waals surface area (Å²) in [5, 5.41) is 19.6. The number of phenolic OH excluding ortho intramolecular Hbond substituents is 1. The topological polar surface area (TPSA) is 78.7 Å². The maximum atomic E-state index is 11.3. The number of hydrogen-bond acceptors (Lipinski definition) is 4. The van der Waals surface area contributed by atoms with Crippen molar-refractivity contribution < 1.29 is 9.90 Å². The number of rotatable bonds is 3. The van der Waals surface area contributed by atoms with Crippen LogP contribution in [0.1, 0.15) is 6.92 Å². The molecule has 0 bridgehead atoms. The molecule has 1 amide bonds. The number of aromatic hydroxyl groups is 1. The lowest BCUT2D eigenvalue weighted by molar-refractivity contribution is -0.114. The first-order valence-electron chi connectivity index (χ1n) is 6.44. The van der Waals surface area contributed by atoms with Crippen LogP contribution in [-0.4, -0.2) is 20.6 Å². The van der Waals surface area contributed by atoms with Crippen molar-refractivity contribution in [2.45, 2.75) is 6.92 Å². The molecule has 0 radical (unpaired) electrons. The minimum Gasteiger partial charge on any atom is -0.508 e. The van der Waals surface area contributed by atoms with E-state index in [1.165, 1.54) is 6.92 Å². The van der Waals surface area contributed by atoms with Gasteiger partial charge in [-0.2, -0.15) is 0 Å². The Labute approximate surface area is 121 Å². The molecule has 21 heavy (non-hydrogen) atoms. The molecule has 6 nitrogen and oxygen atoms in total. The van der Waals surface area contributed by atoms with Crippen LogP contribution >= 0.6 is 0 Å². The number of fused-ring (bicyclic) bond motifs is 1. The molecule has 0 atom stereocenters. The van der Waals surface area contributed by atoms with Crippen molar-refractivity contribution in [2.75, 3.05) is 10.6 Å². The van der Waals surface area contributed by atoms with Gasteiger partial charge in [-0.25, -0.2) is 4.52 Å². The van der Waals surface area contributed by atoms with Crippen LogP contribution in [0.4, 0.5) is 17.2 Å². The van der Waals surface area contributed by atoms with Crippen LogP contribution in [-0.2, 0) is 4.79 Å². The second kappa shape index (κ2) is 5.16. The third-order valence-corrected chi connectivity index (χ3v) is 2.97. The Kier molecular flexibility index (Phi) is 3.19. The van der Waals surface area contributed by atoms with E-state index in [0.717, 1.165) is 11.2 Å². The average Bonchev–Trinajstić information content (AvgIpc) is 2.78. The highest BCUT2D eigenvalue weighted by Crippen LogP contribution is 2.30. The van der Waals surface area contributed by atoms with Gasteiger partial charge in [-0.1, -0.05) is 6.07 Å². The van der Waals surface area contributed by atoms with Gasteiger partial charge in [-0.3, -0.25) is 4.79 Å². The summed E-state index contributed by atoms with van der Waals surface area (Å²) >= 11 is 0. The highest BCUT2D eigenvalue weighted by Gasteiger charge is 2.13. The van der Waals surface area contributed by atoms with Crippen molar-refractivity contribution in [3.05, 3.63) is 48.7 Å². The van der Waals surface area contributed by atoms with E-state index in [1.807, 2.05) is 24.4 Å². The molecule has 0 saturated heterocycles. The molecule has 3 N–H and O–H groups in total. The highest BCUT2D eigenvalue weighted by atomic mass is 16.3. The lowest BCUT2D eigenvalue weighted by Gasteiger charge is -2.07. The van der Waals surface area contributed by atoms with Gasteiger partial charge in [0.1, 0.15) is 11.4 Å². The van der Waals surface area contributed by atoms with Crippen LogP contribution in [0.25, 0.3) is 5.52 Å². The van der Waals surface area contributed by atoms with Crippen molar-refractivity contribution in [1.82, 2.24) is 9.61 Å². The van der Waals surface area contributed by atoms with Gasteiger partial charge in [0.25, 0.3) is 0 Å². The van der Waals surface area contributed by atoms with Crippen molar-refractivity contribution in [3.63, 3.8) is 0 Å². The molecule has 1 aromatic carbocycles. The van der Waals surface area contributed by atoms with Crippen LogP contribution in [0.3, 0.4) is 0 Å². The lowest BCUT2D eigenvalue weighted by atomic mass is 10.2. The summed E-state index contributed by atoms with van der Waals surface area (Å²) in [6, 6.07) is 12.3. The van der Waals surface area contributed by atoms with Crippen LogP contribution in [0.15, 0.2) is 48.7 Å². The van der Waals surface area contributed by atoms with Crippen molar-refractivity contribution in [3.8, 4) is 5.75 Å². The molecule has 3 aromatic rings. The molecule has 2 aromatic heterocycles. The van der Waals surface area contributed by atoms with Crippen molar-refractivity contribution in [1.29, 1.82) is 0 Å². The lowest BCUT2D eigenvalue weighted by Crippen LogP contribution is -2.08. The summed E-state index contributed by atoms with van der Waals surface area (Å²) in [6.45, 7) is 1.44. The molecule has 0 aliphatic heterocycles. The van der Waals surface area contributed by atoms with Crippen LogP contribution in [0, 0.1) is 0 Å². The highest BCUT2D eigenvalue weighted by molar-refractivity contribution is 5.96. The molecule has 6 heteroatoms. The largest absolute Gasteiger partial charge is 0.508 e. The number of carbonyl (C=O) groups is 1. The molecular formula is C15H14N4O2. The Bertz CT molecular complexity index is 793. The van der Waals surface area contributed by atoms with Crippen LogP contribution < -0.4 is 10.6 Å². The number of nitrogens with zero attached hydrogens (tertiary/aromatic N) is 2. The predicted molar refractivity (Wildman–Crippen MR) is 80.9 cm³/mol. The molecule has 0 aliphatic rings. The number of hydrogen-bond donors (Lipinski definition) is 3. The zero-order chi connectivity index (χ0) is 14.8. The Morgan fingerprint density at radius 3 is 2.67 bits per heavy atom. The number of amides is 1. The monoisotopic (exact) mass is 282 g/mol. The summed E-state index contributed by atoms with van der Waals surface area (Å²) < 4.78 is 1.69. The third kappa shape index (κ3) is 2.64. The molecule has 2 heterocycles. The first-order chi connectivity index (χ1) is 10.1. The van der Waals surface area contributed by atoms with Gasteiger partial charge in [-0.05, 0) is 36.4 Å². The van der Waals surface area contributed by atoms with E-state index >= 15 is 0 Å². The normalized spacial score (nSPS) is 10.5. The summed E-state index contributed by atoms with van der Waals surface area (Å²) in [4.78, 5) is 11.3. The maximum absolute atomic E-state index is 11.3. The molecule has 0 spiro atoms. The van der Waals surface area contributed by atoms with E-state index in [0.29, 0.717) is 11.5 Å². The van der Waals surface area contributed by atoms with E-state index < -0.39 is 0 Å². The Balaban J connectivity index is 2.05. The predicted octanol–water partition coefficient (Wildman–Crippen LogP) is 2.74. The van der Waals surface area contributed by atoms with E-state index in [-0.39, 0.29) is 11.7 Å². The molecule has 3 rings (SSSR count). The number of carbonyl (C=O) groups excluding carboxylic acids is 1. The van der Waals surface area contributed by atoms with E-state index in [1.54, 1.807) is 28.8 Å². The van der Waals surface area contributed by atoms with Gasteiger partial charge in [-0.15, -0.1) is 5.10 Å². The number of pyridine rings is 1. The van der Waals surface area contributed by atoms with Gasteiger partial charge < -0.3 is 15.7 Å². The van der Waals surface area contributed by atoms with Gasteiger partial charge in [0.15, 0.2) is 5.82 Å². The SMILES string of the molecule is CC(=O)Nc1nn2ccccc2c1Nc1ccc(O)cc1. The molecule has 0 saturated carbocycles. The summed E-state index contributed by atoms with van der Waals surface area (Å²) in [5.74, 6) is 0.469. The quantitative estimate of drug-likeness (QED) is 0.645. The van der Waals surface area contributed by atoms with Gasteiger partial charge >= 0.3 is 0 Å². The second-order valence-electron chi connectivity index (χ2n) is 4.61. The number of benzene rings is 1. The zero-order valence-electron chi connectivity index (χ0n) is 11.4. The van der Waals surface area contributed by atoms with E-state index in [4.69, 9.17) is 0 Å². The number of nitrogens with one attached hydrogen (secondary N) is 2. The van der Waals surface area contributed by atoms with Gasteiger partial charge in [0, 0.05) is 18.8 Å². The molecule has 106 valence electrons. The molecule has 0 fully saturated rings. The first-order valence-corrected chi connectivity index (χ1v) is 6.44. The Morgan fingerprint density at radius 1 is 1.19 bits per heavy atom. The zero-order valence-corrected chi connectivity index (χ0v) is 11.4. The third-order valence-electron chi connectivity index (χ3n) is 2.97. The maximum Gasteiger partial charge on any atom is 0.222 e. The van der Waals surface area contributed by atoms with E-state index in [9.17, 15) is 9.90 Å². The Hall–Kier alpha value is -3.02. The fourth-order valence-corrected chi connectivity index (χ4v) is 2.07. The average molecular weight is 282 g/mol. The minimum absolute atomic E-state index is 0.188. The number of anilines is 3. The van der Waals surface area contributed by atoms with Crippen molar-refractivity contribution in [2.24, 2.45) is 0 Å². The standard InChI is InChI=1S/C15H14N4O2/c1-10(20)16-15-14(13-4-2-3-9-19(13)18-15)17-11-5-7-12(21)8-6-11/h2-9,17,21H,1H3,(H,16,18,20). The van der Waals surface area contributed by atoms with Crippen molar-refractivity contribution >= 4 is 28.6 Å². The van der Waals surface area contributed by atoms with Gasteiger partial charge in [0.2, 0.25) is 5.91 Å². The number of phenols is 1. The second-order valence-corrected chi connectivity index (χ2v) is 4.61. The van der Waals surface area contributed by atoms with Crippen LogP contribution in [0.5, 0.6) is 5.75 Å². The molecular weight excluding hydrogens is 268 g/mol. The first kappa shape index (κ1) is 13.0.